The summed E-state index contributed by atoms with van der Waals surface area (Å²) < 4.78 is 42.4. The van der Waals surface area contributed by atoms with Gasteiger partial charge in [-0.2, -0.15) is 23.1 Å². The summed E-state index contributed by atoms with van der Waals surface area (Å²) in [4.78, 5) is 11.2. The van der Waals surface area contributed by atoms with Crippen LogP contribution in [0.5, 0.6) is 5.75 Å². The van der Waals surface area contributed by atoms with Crippen LogP contribution < -0.4 is 15.4 Å². The fourth-order valence-corrected chi connectivity index (χ4v) is 2.12. The van der Waals surface area contributed by atoms with Gasteiger partial charge in [0, 0.05) is 11.9 Å². The lowest BCUT2D eigenvalue weighted by atomic mass is 10.3. The Morgan fingerprint density at radius 2 is 1.88 bits per heavy atom. The predicted octanol–water partition coefficient (Wildman–Crippen LogP) is 3.68. The summed E-state index contributed by atoms with van der Waals surface area (Å²) >= 11 is 0. The molecule has 1 aromatic carbocycles. The minimum Gasteiger partial charge on any atom is -0.497 e. The molecule has 0 saturated carbocycles. The van der Waals surface area contributed by atoms with Gasteiger partial charge in [-0.05, 0) is 30.3 Å². The van der Waals surface area contributed by atoms with E-state index >= 15 is 0 Å². The van der Waals surface area contributed by atoms with Gasteiger partial charge < -0.3 is 20.4 Å². The van der Waals surface area contributed by atoms with Gasteiger partial charge >= 0.3 is 6.18 Å². The van der Waals surface area contributed by atoms with E-state index in [0.717, 1.165) is 0 Å². The second kappa shape index (κ2) is 6.26. The minimum atomic E-state index is -4.34. The summed E-state index contributed by atoms with van der Waals surface area (Å²) in [5, 5.41) is 5.74. The lowest BCUT2D eigenvalue weighted by molar-refractivity contribution is -0.115. The van der Waals surface area contributed by atoms with Gasteiger partial charge in [0.2, 0.25) is 5.95 Å². The van der Waals surface area contributed by atoms with E-state index in [1.807, 2.05) is 0 Å². The molecule has 0 aliphatic rings. The number of ether oxygens (including phenoxy) is 1. The zero-order chi connectivity index (χ0) is 17.2. The standard InChI is InChI=1S/C15H14F3N5O/c1-24-10-4-2-9(3-5-10)21-14-22-12-11(6-7-19-12)13(23-14)20-8-15(16,17)18/h2-7H,8H2,1H3,(H3,19,20,21,22,23). The fraction of sp³-hybridized carbons (Fsp3) is 0.200. The Balaban J connectivity index is 1.87. The average molecular weight is 337 g/mol. The summed E-state index contributed by atoms with van der Waals surface area (Å²) in [7, 11) is 1.56. The van der Waals surface area contributed by atoms with Crippen molar-refractivity contribution in [2.75, 3.05) is 24.3 Å². The van der Waals surface area contributed by atoms with Crippen LogP contribution in [0.1, 0.15) is 0 Å². The van der Waals surface area contributed by atoms with Crippen molar-refractivity contribution in [1.82, 2.24) is 15.0 Å². The van der Waals surface area contributed by atoms with Crippen molar-refractivity contribution in [3.63, 3.8) is 0 Å². The molecular formula is C15H14F3N5O. The van der Waals surface area contributed by atoms with Crippen LogP contribution in [-0.2, 0) is 0 Å². The molecule has 3 aromatic rings. The number of hydrogen-bond donors (Lipinski definition) is 3. The van der Waals surface area contributed by atoms with Crippen molar-refractivity contribution < 1.29 is 17.9 Å². The molecule has 0 bridgehead atoms. The molecule has 2 heterocycles. The third-order valence-corrected chi connectivity index (χ3v) is 3.22. The van der Waals surface area contributed by atoms with Crippen molar-refractivity contribution >= 4 is 28.5 Å². The quantitative estimate of drug-likeness (QED) is 0.662. The molecule has 6 nitrogen and oxygen atoms in total. The zero-order valence-electron chi connectivity index (χ0n) is 12.6. The van der Waals surface area contributed by atoms with Gasteiger partial charge in [0.05, 0.1) is 12.5 Å². The summed E-state index contributed by atoms with van der Waals surface area (Å²) in [5.41, 5.74) is 1.12. The maximum Gasteiger partial charge on any atom is 0.405 e. The highest BCUT2D eigenvalue weighted by Crippen LogP contribution is 2.25. The van der Waals surface area contributed by atoms with Crippen LogP contribution in [0.15, 0.2) is 36.5 Å². The number of hydrogen-bond acceptors (Lipinski definition) is 5. The number of anilines is 3. The maximum atomic E-state index is 12.4. The number of aromatic amines is 1. The molecule has 0 aliphatic heterocycles. The first-order chi connectivity index (χ1) is 11.4. The first-order valence-electron chi connectivity index (χ1n) is 7.01. The monoisotopic (exact) mass is 337 g/mol. The van der Waals surface area contributed by atoms with Crippen molar-refractivity contribution in [2.45, 2.75) is 6.18 Å². The Labute approximate surface area is 135 Å². The third-order valence-electron chi connectivity index (χ3n) is 3.22. The Kier molecular flexibility index (Phi) is 4.15. The SMILES string of the molecule is COc1ccc(Nc2nc(NCC(F)(F)F)c3cc[nH]c3n2)cc1. The molecule has 3 rings (SSSR count). The van der Waals surface area contributed by atoms with Crippen LogP contribution in [0.4, 0.5) is 30.6 Å². The van der Waals surface area contributed by atoms with Crippen molar-refractivity contribution in [3.8, 4) is 5.75 Å². The third kappa shape index (κ3) is 3.67. The van der Waals surface area contributed by atoms with Gasteiger partial charge in [-0.1, -0.05) is 0 Å². The average Bonchev–Trinajstić information content (AvgIpc) is 3.01. The first-order valence-corrected chi connectivity index (χ1v) is 7.01. The molecule has 0 spiro atoms. The van der Waals surface area contributed by atoms with Gasteiger partial charge in [-0.3, -0.25) is 0 Å². The maximum absolute atomic E-state index is 12.4. The lowest BCUT2D eigenvalue weighted by Crippen LogP contribution is -2.22. The molecular weight excluding hydrogens is 323 g/mol. The van der Waals surface area contributed by atoms with Gasteiger partial charge in [0.25, 0.3) is 0 Å². The number of rotatable bonds is 5. The molecule has 0 saturated heterocycles. The number of benzene rings is 1. The van der Waals surface area contributed by atoms with E-state index in [1.165, 1.54) is 0 Å². The number of alkyl halides is 3. The summed E-state index contributed by atoms with van der Waals surface area (Å²) in [5.74, 6) is 0.975. The Morgan fingerprint density at radius 3 is 2.54 bits per heavy atom. The van der Waals surface area contributed by atoms with E-state index in [2.05, 4.69) is 25.6 Å². The summed E-state index contributed by atoms with van der Waals surface area (Å²) in [6.07, 6.45) is -2.74. The van der Waals surface area contributed by atoms with E-state index in [4.69, 9.17) is 4.74 Å². The van der Waals surface area contributed by atoms with Crippen LogP contribution in [0.3, 0.4) is 0 Å². The van der Waals surface area contributed by atoms with Crippen molar-refractivity contribution in [2.24, 2.45) is 0 Å². The van der Waals surface area contributed by atoms with E-state index in [9.17, 15) is 13.2 Å². The second-order valence-corrected chi connectivity index (χ2v) is 4.96. The first kappa shape index (κ1) is 15.9. The number of halogens is 3. The number of methoxy groups -OCH3 is 1. The molecule has 0 radical (unpaired) electrons. The topological polar surface area (TPSA) is 74.9 Å². The van der Waals surface area contributed by atoms with Gasteiger partial charge in [0.1, 0.15) is 23.8 Å². The van der Waals surface area contributed by atoms with Crippen LogP contribution >= 0.6 is 0 Å². The Bertz CT molecular complexity index is 829. The molecule has 2 aromatic heterocycles. The van der Waals surface area contributed by atoms with Crippen molar-refractivity contribution in [1.29, 1.82) is 0 Å². The van der Waals surface area contributed by atoms with E-state index < -0.39 is 12.7 Å². The predicted molar refractivity (Wildman–Crippen MR) is 84.7 cm³/mol. The van der Waals surface area contributed by atoms with Gasteiger partial charge in [-0.15, -0.1) is 0 Å². The Hall–Kier alpha value is -2.97. The minimum absolute atomic E-state index is 0.106. The van der Waals surface area contributed by atoms with E-state index in [1.54, 1.807) is 43.6 Å². The number of H-pyrrole nitrogens is 1. The zero-order valence-corrected chi connectivity index (χ0v) is 12.6. The molecule has 9 heteroatoms. The van der Waals surface area contributed by atoms with Crippen LogP contribution in [0.2, 0.25) is 0 Å². The molecule has 0 amide bonds. The highest BCUT2D eigenvalue weighted by molar-refractivity contribution is 5.88. The molecule has 24 heavy (non-hydrogen) atoms. The Morgan fingerprint density at radius 1 is 1.12 bits per heavy atom. The molecule has 0 unspecified atom stereocenters. The lowest BCUT2D eigenvalue weighted by Gasteiger charge is -2.12. The fourth-order valence-electron chi connectivity index (χ4n) is 2.12. The summed E-state index contributed by atoms with van der Waals surface area (Å²) in [6, 6.07) is 8.62. The largest absolute Gasteiger partial charge is 0.497 e. The van der Waals surface area contributed by atoms with Crippen LogP contribution in [0, 0.1) is 0 Å². The highest BCUT2D eigenvalue weighted by Gasteiger charge is 2.27. The van der Waals surface area contributed by atoms with E-state index in [0.29, 0.717) is 22.5 Å². The van der Waals surface area contributed by atoms with Gasteiger partial charge in [0.15, 0.2) is 0 Å². The number of aromatic nitrogens is 3. The van der Waals surface area contributed by atoms with Crippen LogP contribution in [-0.4, -0.2) is 34.8 Å². The molecule has 126 valence electrons. The normalized spacial score (nSPS) is 11.5. The molecule has 0 fully saturated rings. The van der Waals surface area contributed by atoms with Crippen molar-refractivity contribution in [3.05, 3.63) is 36.5 Å². The molecule has 3 N–H and O–H groups in total. The number of nitrogens with one attached hydrogen (secondary N) is 3. The molecule has 0 aliphatic carbocycles. The molecule has 0 atom stereocenters. The second-order valence-electron chi connectivity index (χ2n) is 4.96. The van der Waals surface area contributed by atoms with Gasteiger partial charge in [-0.25, -0.2) is 0 Å². The van der Waals surface area contributed by atoms with Crippen LogP contribution in [0.25, 0.3) is 11.0 Å². The summed E-state index contributed by atoms with van der Waals surface area (Å²) in [6.45, 7) is -1.17. The highest BCUT2D eigenvalue weighted by atomic mass is 19.4. The van der Waals surface area contributed by atoms with E-state index in [-0.39, 0.29) is 11.8 Å². The number of nitrogens with zero attached hydrogens (tertiary/aromatic N) is 2. The number of fused-ring (bicyclic) bond motifs is 1. The smallest absolute Gasteiger partial charge is 0.405 e.